The average Bonchev–Trinajstić information content (AvgIpc) is 3.84. The van der Waals surface area contributed by atoms with Gasteiger partial charge >= 0.3 is 5.97 Å². The second-order valence-electron chi connectivity index (χ2n) is 18.6. The Morgan fingerprint density at radius 1 is 0.634 bits per heavy atom. The number of aliphatic hydroxyl groups excluding tert-OH is 2. The van der Waals surface area contributed by atoms with E-state index in [9.17, 15) is 58.5 Å². The number of likely N-dealkylation sites (tertiary alicyclic amines) is 1. The first kappa shape index (κ1) is 59.2. The predicted octanol–water partition coefficient (Wildman–Crippen LogP) is -1.07. The predicted molar refractivity (Wildman–Crippen MR) is 266 cm³/mol. The molecule has 0 aromatic heterocycles. The molecule has 2 aromatic rings. The van der Waals surface area contributed by atoms with E-state index in [2.05, 4.69) is 49.8 Å². The smallest absolute Gasteiger partial charge is 0.326 e. The summed E-state index contributed by atoms with van der Waals surface area (Å²) in [6.45, 7) is 9.03. The number of aliphatic carboxylic acids is 1. The third-order valence-electron chi connectivity index (χ3n) is 12.2. The summed E-state index contributed by atoms with van der Waals surface area (Å²) in [5.41, 5.74) is 7.34. The minimum atomic E-state index is -1.69. The highest BCUT2D eigenvalue weighted by Gasteiger charge is 2.39. The third-order valence-corrected chi connectivity index (χ3v) is 12.5. The molecule has 1 fully saturated rings. The standard InChI is InChI=1S/C49H73N9O12S/c1-7-29(6)40(47(67)52-34(49(69)70)23-31-17-12-9-13-18-31)57-43(63)36(25-60)53-41(61)33(22-30-15-10-8-11-16-30)51-42(62)35(24-59)54-44(64)37(26-71)55-46(66)39(28(4)5)56-45(65)38-19-14-20-58(38)48(68)32(50)21-27(2)3/h8-13,15-18,27-29,32-40,59-60,71H,7,14,19-26,50H2,1-6H3,(H,51,62)(H,52,67)(H,53,61)(H,54,64)(H,55,66)(H,56,65)(H,57,63)(H,69,70)/t29-,32-,33-,34-,35-,36-,37-,38-,39-,40-/m0/s1. The molecule has 10 atom stereocenters. The second kappa shape index (κ2) is 29.3. The fourth-order valence-electron chi connectivity index (χ4n) is 7.90. The number of aliphatic hydroxyl groups is 2. The number of carboxylic acid groups (broad SMARTS) is 1. The Kier molecular flexibility index (Phi) is 24.4. The number of thiol groups is 1. The SMILES string of the molecule is CC[C@H](C)[C@H](NC(=O)[C@H](CO)NC(=O)[C@H](Cc1ccccc1)NC(=O)[C@H](CO)NC(=O)[C@H](CS)NC(=O)[C@@H](NC(=O)[C@@H]1CCCN1C(=O)[C@@H](N)CC(C)C)C(C)C)C(=O)N[C@@H](Cc1ccccc1)C(=O)O. The maximum atomic E-state index is 13.9. The molecule has 0 unspecified atom stereocenters. The number of carboxylic acids is 1. The number of hydrogen-bond donors (Lipinski definition) is 12. The number of nitrogens with zero attached hydrogens (tertiary/aromatic N) is 1. The van der Waals surface area contributed by atoms with Crippen molar-refractivity contribution in [2.75, 3.05) is 25.5 Å². The molecule has 0 saturated carbocycles. The molecule has 1 heterocycles. The van der Waals surface area contributed by atoms with E-state index in [0.717, 1.165) is 0 Å². The Labute approximate surface area is 420 Å². The highest BCUT2D eigenvalue weighted by molar-refractivity contribution is 7.80. The molecule has 22 heteroatoms. The summed E-state index contributed by atoms with van der Waals surface area (Å²) in [6, 6.07) is 5.34. The van der Waals surface area contributed by atoms with Crippen molar-refractivity contribution in [2.24, 2.45) is 23.5 Å². The van der Waals surface area contributed by atoms with E-state index in [1.807, 2.05) is 13.8 Å². The van der Waals surface area contributed by atoms with Crippen molar-refractivity contribution in [3.05, 3.63) is 71.8 Å². The maximum Gasteiger partial charge on any atom is 0.326 e. The number of nitrogens with one attached hydrogen (secondary N) is 7. The van der Waals surface area contributed by atoms with Crippen LogP contribution in [0.25, 0.3) is 0 Å². The van der Waals surface area contributed by atoms with Gasteiger partial charge in [0.15, 0.2) is 0 Å². The van der Waals surface area contributed by atoms with Crippen LogP contribution in [0.2, 0.25) is 0 Å². The number of amides is 8. The number of carbonyl (C=O) groups excluding carboxylic acids is 8. The van der Waals surface area contributed by atoms with Crippen LogP contribution in [0.3, 0.4) is 0 Å². The summed E-state index contributed by atoms with van der Waals surface area (Å²) in [5.74, 6) is -8.88. The zero-order valence-electron chi connectivity index (χ0n) is 41.3. The van der Waals surface area contributed by atoms with Gasteiger partial charge in [-0.1, -0.05) is 109 Å². The van der Waals surface area contributed by atoms with Gasteiger partial charge < -0.3 is 63.2 Å². The van der Waals surface area contributed by atoms with Crippen molar-refractivity contribution in [3.63, 3.8) is 0 Å². The maximum absolute atomic E-state index is 13.9. The van der Waals surface area contributed by atoms with Crippen LogP contribution >= 0.6 is 12.6 Å². The molecule has 1 saturated heterocycles. The van der Waals surface area contributed by atoms with Crippen molar-refractivity contribution < 1.29 is 58.5 Å². The zero-order valence-corrected chi connectivity index (χ0v) is 42.2. The number of hydrogen-bond acceptors (Lipinski definition) is 13. The first-order valence-corrected chi connectivity index (χ1v) is 24.6. The topological polar surface area (TPSA) is 328 Å². The number of nitrogens with two attached hydrogens (primary N) is 1. The van der Waals surface area contributed by atoms with Gasteiger partial charge in [-0.15, -0.1) is 0 Å². The van der Waals surface area contributed by atoms with Crippen LogP contribution in [0, 0.1) is 17.8 Å². The van der Waals surface area contributed by atoms with Crippen LogP contribution in [-0.4, -0.2) is 153 Å². The highest BCUT2D eigenvalue weighted by atomic mass is 32.1. The van der Waals surface area contributed by atoms with Gasteiger partial charge in [-0.2, -0.15) is 12.6 Å². The summed E-state index contributed by atoms with van der Waals surface area (Å²) in [7, 11) is 0. The molecule has 0 spiro atoms. The second-order valence-corrected chi connectivity index (χ2v) is 19.0. The zero-order chi connectivity index (χ0) is 52.9. The molecule has 12 N–H and O–H groups in total. The van der Waals surface area contributed by atoms with Gasteiger partial charge in [0, 0.05) is 25.1 Å². The van der Waals surface area contributed by atoms with Crippen molar-refractivity contribution in [3.8, 4) is 0 Å². The molecule has 71 heavy (non-hydrogen) atoms. The molecular formula is C49H73N9O12S. The molecule has 0 aliphatic carbocycles. The molecule has 2 aromatic carbocycles. The quantitative estimate of drug-likeness (QED) is 0.0453. The number of carbonyl (C=O) groups is 9. The van der Waals surface area contributed by atoms with Gasteiger partial charge in [-0.3, -0.25) is 38.4 Å². The van der Waals surface area contributed by atoms with Gasteiger partial charge in [-0.25, -0.2) is 4.79 Å². The minimum Gasteiger partial charge on any atom is -0.480 e. The van der Waals surface area contributed by atoms with Crippen molar-refractivity contribution in [2.45, 2.75) is 134 Å². The lowest BCUT2D eigenvalue weighted by Crippen LogP contribution is -2.62. The lowest BCUT2D eigenvalue weighted by molar-refractivity contribution is -0.142. The first-order valence-electron chi connectivity index (χ1n) is 24.0. The van der Waals surface area contributed by atoms with Crippen LogP contribution in [0.4, 0.5) is 0 Å². The van der Waals surface area contributed by atoms with Crippen LogP contribution < -0.4 is 43.0 Å². The van der Waals surface area contributed by atoms with Crippen LogP contribution in [0.5, 0.6) is 0 Å². The minimum absolute atomic E-state index is 0.0412. The molecule has 21 nitrogen and oxygen atoms in total. The Bertz CT molecular complexity index is 2120. The fourth-order valence-corrected chi connectivity index (χ4v) is 8.15. The van der Waals surface area contributed by atoms with E-state index in [1.165, 1.54) is 4.90 Å². The fraction of sp³-hybridized carbons (Fsp3) is 0.571. The van der Waals surface area contributed by atoms with E-state index in [0.29, 0.717) is 43.4 Å². The van der Waals surface area contributed by atoms with Crippen LogP contribution in [0.1, 0.15) is 78.4 Å². The summed E-state index contributed by atoms with van der Waals surface area (Å²) in [6.07, 6.45) is 1.52. The van der Waals surface area contributed by atoms with Gasteiger partial charge in [0.1, 0.15) is 48.3 Å². The number of benzene rings is 2. The molecule has 3 rings (SSSR count). The Balaban J connectivity index is 1.73. The summed E-state index contributed by atoms with van der Waals surface area (Å²) >= 11 is 4.22. The largest absolute Gasteiger partial charge is 0.480 e. The first-order chi connectivity index (χ1) is 33.6. The summed E-state index contributed by atoms with van der Waals surface area (Å²) in [5, 5.41) is 48.0. The monoisotopic (exact) mass is 1010 g/mol. The van der Waals surface area contributed by atoms with Crippen molar-refractivity contribution in [1.29, 1.82) is 0 Å². The molecule has 392 valence electrons. The Hall–Kier alpha value is -6.10. The molecule has 8 amide bonds. The third kappa shape index (κ3) is 18.2. The lowest BCUT2D eigenvalue weighted by Gasteiger charge is -2.30. The molecule has 1 aliphatic heterocycles. The van der Waals surface area contributed by atoms with E-state index in [1.54, 1.807) is 88.4 Å². The van der Waals surface area contributed by atoms with Gasteiger partial charge in [0.05, 0.1) is 19.3 Å². The van der Waals surface area contributed by atoms with Gasteiger partial charge in [-0.05, 0) is 48.1 Å². The molecule has 1 aliphatic rings. The van der Waals surface area contributed by atoms with Gasteiger partial charge in [0.2, 0.25) is 47.3 Å². The molecule has 0 bridgehead atoms. The van der Waals surface area contributed by atoms with Crippen LogP contribution in [0.15, 0.2) is 60.7 Å². The lowest BCUT2D eigenvalue weighted by atomic mass is 9.97. The summed E-state index contributed by atoms with van der Waals surface area (Å²) < 4.78 is 0. The van der Waals surface area contributed by atoms with Crippen LogP contribution in [-0.2, 0) is 56.0 Å². The number of rotatable bonds is 28. The normalized spacial score (nSPS) is 17.2. The van der Waals surface area contributed by atoms with Crippen molar-refractivity contribution >= 4 is 65.9 Å². The van der Waals surface area contributed by atoms with Crippen molar-refractivity contribution in [1.82, 2.24) is 42.1 Å². The molecular weight excluding hydrogens is 939 g/mol. The van der Waals surface area contributed by atoms with E-state index < -0.39 is 127 Å². The Morgan fingerprint density at radius 2 is 1.08 bits per heavy atom. The van der Waals surface area contributed by atoms with E-state index in [-0.39, 0.29) is 30.4 Å². The van der Waals surface area contributed by atoms with E-state index >= 15 is 0 Å². The average molecular weight is 1010 g/mol. The van der Waals surface area contributed by atoms with Gasteiger partial charge in [0.25, 0.3) is 0 Å². The highest BCUT2D eigenvalue weighted by Crippen LogP contribution is 2.21. The summed E-state index contributed by atoms with van der Waals surface area (Å²) in [4.78, 5) is 122. The molecule has 0 radical (unpaired) electrons. The van der Waals surface area contributed by atoms with E-state index in [4.69, 9.17) is 5.73 Å². The Morgan fingerprint density at radius 3 is 1.56 bits per heavy atom.